The zero-order chi connectivity index (χ0) is 13.2. The van der Waals surface area contributed by atoms with Crippen LogP contribution in [-0.2, 0) is 0 Å². The first-order valence-electron chi connectivity index (χ1n) is 5.42. The Morgan fingerprint density at radius 2 is 1.94 bits per heavy atom. The van der Waals surface area contributed by atoms with E-state index in [-0.39, 0.29) is 22.4 Å². The van der Waals surface area contributed by atoms with E-state index in [9.17, 15) is 14.5 Å². The Balaban J connectivity index is 3.32. The number of nitrogens with zero attached hydrogens (tertiary/aromatic N) is 1. The van der Waals surface area contributed by atoms with Crippen molar-refractivity contribution in [2.24, 2.45) is 5.92 Å². The predicted octanol–water partition coefficient (Wildman–Crippen LogP) is 4.26. The number of rotatable bonds is 4. The molecule has 2 atom stereocenters. The molecule has 0 saturated heterocycles. The molecule has 0 amide bonds. The van der Waals surface area contributed by atoms with Gasteiger partial charge in [0.1, 0.15) is 5.82 Å². The average Bonchev–Trinajstić information content (AvgIpc) is 2.19. The Labute approximate surface area is 108 Å². The van der Waals surface area contributed by atoms with Crippen LogP contribution in [0.3, 0.4) is 0 Å². The standard InChI is InChI=1S/C12H15BrFNO2/c1-7(2)12(8(3)13)10-5-4-9(14)6-11(10)15(16)17/h4-8,12H,1-3H3. The zero-order valence-electron chi connectivity index (χ0n) is 9.98. The van der Waals surface area contributed by atoms with Crippen LogP contribution in [0.15, 0.2) is 18.2 Å². The summed E-state index contributed by atoms with van der Waals surface area (Å²) in [5, 5.41) is 10.9. The van der Waals surface area contributed by atoms with E-state index in [1.54, 1.807) is 0 Å². The van der Waals surface area contributed by atoms with Crippen LogP contribution in [0.1, 0.15) is 32.3 Å². The van der Waals surface area contributed by atoms with Crippen LogP contribution in [0.5, 0.6) is 0 Å². The molecule has 0 fully saturated rings. The molecule has 0 aliphatic heterocycles. The Kier molecular flexibility index (Phi) is 4.62. The van der Waals surface area contributed by atoms with Gasteiger partial charge >= 0.3 is 0 Å². The van der Waals surface area contributed by atoms with Gasteiger partial charge in [0, 0.05) is 16.3 Å². The third-order valence-corrected chi connectivity index (χ3v) is 3.33. The summed E-state index contributed by atoms with van der Waals surface area (Å²) in [5.74, 6) is -0.366. The molecule has 0 aliphatic rings. The second-order valence-electron chi connectivity index (χ2n) is 4.41. The molecule has 0 aromatic heterocycles. The first-order valence-corrected chi connectivity index (χ1v) is 6.34. The van der Waals surface area contributed by atoms with E-state index in [0.717, 1.165) is 6.07 Å². The van der Waals surface area contributed by atoms with Gasteiger partial charge in [-0.05, 0) is 18.1 Å². The number of hydrogen-bond acceptors (Lipinski definition) is 2. The largest absolute Gasteiger partial charge is 0.275 e. The molecule has 0 spiro atoms. The number of hydrogen-bond donors (Lipinski definition) is 0. The van der Waals surface area contributed by atoms with E-state index in [4.69, 9.17) is 0 Å². The molecule has 0 N–H and O–H groups in total. The summed E-state index contributed by atoms with van der Waals surface area (Å²) in [7, 11) is 0. The van der Waals surface area contributed by atoms with E-state index in [2.05, 4.69) is 15.9 Å². The third-order valence-electron chi connectivity index (χ3n) is 2.76. The summed E-state index contributed by atoms with van der Waals surface area (Å²) < 4.78 is 13.1. The first-order chi connectivity index (χ1) is 7.84. The van der Waals surface area contributed by atoms with Gasteiger partial charge < -0.3 is 0 Å². The Morgan fingerprint density at radius 3 is 2.35 bits per heavy atom. The van der Waals surface area contributed by atoms with Gasteiger partial charge in [0.25, 0.3) is 5.69 Å². The van der Waals surface area contributed by atoms with Gasteiger partial charge in [-0.3, -0.25) is 10.1 Å². The van der Waals surface area contributed by atoms with E-state index < -0.39 is 10.7 Å². The molecule has 0 saturated carbocycles. The van der Waals surface area contributed by atoms with Crippen LogP contribution in [0.25, 0.3) is 0 Å². The lowest BCUT2D eigenvalue weighted by Crippen LogP contribution is -2.17. The molecule has 0 bridgehead atoms. The predicted molar refractivity (Wildman–Crippen MR) is 69.0 cm³/mol. The molecule has 5 heteroatoms. The minimum absolute atomic E-state index is 0.0176. The van der Waals surface area contributed by atoms with Crippen molar-refractivity contribution in [1.82, 2.24) is 0 Å². The van der Waals surface area contributed by atoms with Gasteiger partial charge in [-0.1, -0.05) is 36.7 Å². The lowest BCUT2D eigenvalue weighted by molar-refractivity contribution is -0.386. The van der Waals surface area contributed by atoms with E-state index in [1.807, 2.05) is 20.8 Å². The smallest absolute Gasteiger partial charge is 0.258 e. The quantitative estimate of drug-likeness (QED) is 0.474. The number of nitro benzene ring substituents is 1. The summed E-state index contributed by atoms with van der Waals surface area (Å²) in [6.45, 7) is 5.93. The van der Waals surface area contributed by atoms with Gasteiger partial charge in [0.05, 0.1) is 11.0 Å². The minimum atomic E-state index is -0.579. The van der Waals surface area contributed by atoms with Crippen LogP contribution < -0.4 is 0 Å². The van der Waals surface area contributed by atoms with Crippen molar-refractivity contribution in [1.29, 1.82) is 0 Å². The fourth-order valence-corrected chi connectivity index (χ4v) is 2.99. The normalized spacial score (nSPS) is 14.7. The van der Waals surface area contributed by atoms with Crippen molar-refractivity contribution >= 4 is 21.6 Å². The van der Waals surface area contributed by atoms with Crippen LogP contribution in [0.4, 0.5) is 10.1 Å². The van der Waals surface area contributed by atoms with Crippen LogP contribution in [0, 0.1) is 21.8 Å². The average molecular weight is 304 g/mol. The van der Waals surface area contributed by atoms with E-state index in [1.165, 1.54) is 12.1 Å². The molecule has 17 heavy (non-hydrogen) atoms. The summed E-state index contributed by atoms with van der Waals surface area (Å²) in [4.78, 5) is 10.5. The third kappa shape index (κ3) is 3.25. The van der Waals surface area contributed by atoms with E-state index in [0.29, 0.717) is 5.56 Å². The number of alkyl halides is 1. The molecular formula is C12H15BrFNO2. The highest BCUT2D eigenvalue weighted by molar-refractivity contribution is 9.09. The fourth-order valence-electron chi connectivity index (χ4n) is 2.09. The Morgan fingerprint density at radius 1 is 1.35 bits per heavy atom. The highest BCUT2D eigenvalue weighted by Gasteiger charge is 2.28. The highest BCUT2D eigenvalue weighted by atomic mass is 79.9. The SMILES string of the molecule is CC(C)C(c1ccc(F)cc1[N+](=O)[O-])C(C)Br. The van der Waals surface area contributed by atoms with Gasteiger partial charge in [-0.2, -0.15) is 0 Å². The van der Waals surface area contributed by atoms with Crippen LogP contribution >= 0.6 is 15.9 Å². The van der Waals surface area contributed by atoms with Crippen molar-refractivity contribution < 1.29 is 9.31 Å². The molecule has 0 heterocycles. The second-order valence-corrected chi connectivity index (χ2v) is 5.85. The number of benzene rings is 1. The van der Waals surface area contributed by atoms with Crippen LogP contribution in [-0.4, -0.2) is 9.75 Å². The van der Waals surface area contributed by atoms with Gasteiger partial charge in [0.15, 0.2) is 0 Å². The van der Waals surface area contributed by atoms with Crippen molar-refractivity contribution in [2.75, 3.05) is 0 Å². The summed E-state index contributed by atoms with van der Waals surface area (Å²) in [6, 6.07) is 3.77. The molecule has 1 rings (SSSR count). The van der Waals surface area contributed by atoms with Crippen molar-refractivity contribution in [2.45, 2.75) is 31.5 Å². The minimum Gasteiger partial charge on any atom is -0.258 e. The van der Waals surface area contributed by atoms with Gasteiger partial charge in [0.2, 0.25) is 0 Å². The Hall–Kier alpha value is -0.970. The maximum atomic E-state index is 13.1. The van der Waals surface area contributed by atoms with E-state index >= 15 is 0 Å². The van der Waals surface area contributed by atoms with Crippen molar-refractivity contribution in [3.8, 4) is 0 Å². The molecule has 1 aromatic carbocycles. The number of halogens is 2. The second kappa shape index (κ2) is 5.58. The number of nitro groups is 1. The lowest BCUT2D eigenvalue weighted by Gasteiger charge is -2.23. The van der Waals surface area contributed by atoms with Crippen molar-refractivity contribution in [3.05, 3.63) is 39.7 Å². The van der Waals surface area contributed by atoms with Crippen LogP contribution in [0.2, 0.25) is 0 Å². The van der Waals surface area contributed by atoms with Crippen molar-refractivity contribution in [3.63, 3.8) is 0 Å². The Bertz CT molecular complexity index is 413. The molecule has 94 valence electrons. The maximum absolute atomic E-state index is 13.1. The maximum Gasteiger partial charge on any atom is 0.275 e. The van der Waals surface area contributed by atoms with Gasteiger partial charge in [-0.15, -0.1) is 0 Å². The molecular weight excluding hydrogens is 289 g/mol. The molecule has 3 nitrogen and oxygen atoms in total. The summed E-state index contributed by atoms with van der Waals surface area (Å²) >= 11 is 3.46. The lowest BCUT2D eigenvalue weighted by atomic mass is 9.85. The first kappa shape index (κ1) is 14.1. The molecule has 0 aliphatic carbocycles. The summed E-state index contributed by atoms with van der Waals surface area (Å²) in [5.41, 5.74) is 0.436. The highest BCUT2D eigenvalue weighted by Crippen LogP contribution is 2.37. The monoisotopic (exact) mass is 303 g/mol. The fraction of sp³-hybridized carbons (Fsp3) is 0.500. The molecule has 1 aromatic rings. The molecule has 2 unspecified atom stereocenters. The topological polar surface area (TPSA) is 43.1 Å². The zero-order valence-corrected chi connectivity index (χ0v) is 11.6. The van der Waals surface area contributed by atoms with Gasteiger partial charge in [-0.25, -0.2) is 4.39 Å². The molecule has 0 radical (unpaired) electrons. The summed E-state index contributed by atoms with van der Waals surface area (Å²) in [6.07, 6.45) is 0.